The number of carbonyl (C=O) groups is 1. The molecule has 1 aliphatic heterocycles. The normalized spacial score (nSPS) is 14.9. The number of benzene rings is 1. The molecule has 0 bridgehead atoms. The van der Waals surface area contributed by atoms with Gasteiger partial charge in [0.1, 0.15) is 11.9 Å². The Morgan fingerprint density at radius 2 is 1.91 bits per heavy atom. The van der Waals surface area contributed by atoms with E-state index in [-0.39, 0.29) is 24.4 Å². The Morgan fingerprint density at radius 1 is 1.09 bits per heavy atom. The minimum atomic E-state index is -4.46. The lowest BCUT2D eigenvalue weighted by atomic mass is 10.1. The number of aromatic nitrogens is 4. The van der Waals surface area contributed by atoms with Crippen LogP contribution in [-0.4, -0.2) is 56.6 Å². The van der Waals surface area contributed by atoms with Crippen LogP contribution in [0, 0.1) is 0 Å². The summed E-state index contributed by atoms with van der Waals surface area (Å²) in [7, 11) is 0. The fourth-order valence-electron chi connectivity index (χ4n) is 3.29. The zero-order valence-electron chi connectivity index (χ0n) is 16.9. The van der Waals surface area contributed by atoms with Crippen LogP contribution in [0.15, 0.2) is 54.9 Å². The van der Waals surface area contributed by atoms with Crippen LogP contribution >= 0.6 is 0 Å². The monoisotopic (exact) mass is 447 g/mol. The highest BCUT2D eigenvalue weighted by Crippen LogP contribution is 2.31. The van der Waals surface area contributed by atoms with E-state index in [4.69, 9.17) is 9.47 Å². The zero-order valence-corrected chi connectivity index (χ0v) is 16.9. The molecule has 8 nitrogen and oxygen atoms in total. The number of alkyl halides is 3. The van der Waals surface area contributed by atoms with Gasteiger partial charge in [-0.25, -0.2) is 4.68 Å². The predicted octanol–water partition coefficient (Wildman–Crippen LogP) is 3.13. The average molecular weight is 447 g/mol. The Bertz CT molecular complexity index is 1030. The van der Waals surface area contributed by atoms with E-state index in [2.05, 4.69) is 15.3 Å². The second-order valence-corrected chi connectivity index (χ2v) is 7.19. The van der Waals surface area contributed by atoms with E-state index >= 15 is 0 Å². The van der Waals surface area contributed by atoms with E-state index in [1.807, 2.05) is 0 Å². The van der Waals surface area contributed by atoms with Gasteiger partial charge >= 0.3 is 6.18 Å². The minimum absolute atomic E-state index is 0.00327. The van der Waals surface area contributed by atoms with Crippen molar-refractivity contribution in [3.8, 4) is 17.4 Å². The van der Waals surface area contributed by atoms with E-state index in [9.17, 15) is 18.0 Å². The summed E-state index contributed by atoms with van der Waals surface area (Å²) in [5.74, 6) is 0.676. The Balaban J connectivity index is 1.23. The maximum Gasteiger partial charge on any atom is 0.416 e. The van der Waals surface area contributed by atoms with Crippen molar-refractivity contribution in [2.24, 2.45) is 0 Å². The summed E-state index contributed by atoms with van der Waals surface area (Å²) in [5, 5.41) is 12.2. The number of rotatable bonds is 6. The van der Waals surface area contributed by atoms with Gasteiger partial charge in [0.15, 0.2) is 12.4 Å². The van der Waals surface area contributed by atoms with Gasteiger partial charge in [0, 0.05) is 44.4 Å². The number of halogens is 3. The van der Waals surface area contributed by atoms with Crippen molar-refractivity contribution in [2.75, 3.05) is 19.7 Å². The zero-order chi connectivity index (χ0) is 22.6. The van der Waals surface area contributed by atoms with Crippen LogP contribution in [-0.2, 0) is 11.0 Å². The van der Waals surface area contributed by atoms with Gasteiger partial charge in [-0.3, -0.25) is 4.79 Å². The van der Waals surface area contributed by atoms with Crippen molar-refractivity contribution < 1.29 is 27.4 Å². The molecule has 1 aliphatic rings. The van der Waals surface area contributed by atoms with E-state index in [1.165, 1.54) is 12.1 Å². The number of carbonyl (C=O) groups excluding carboxylic acids is 1. The lowest BCUT2D eigenvalue weighted by molar-refractivity contribution is -0.137. The van der Waals surface area contributed by atoms with E-state index < -0.39 is 11.7 Å². The molecule has 168 valence electrons. The number of amides is 1. The highest BCUT2D eigenvalue weighted by atomic mass is 19.4. The molecular weight excluding hydrogens is 427 g/mol. The highest BCUT2D eigenvalue weighted by Gasteiger charge is 2.31. The molecular formula is C21H20F3N5O3. The largest absolute Gasteiger partial charge is 0.484 e. The molecule has 0 aliphatic carbocycles. The quantitative estimate of drug-likeness (QED) is 0.578. The summed E-state index contributed by atoms with van der Waals surface area (Å²) in [5.41, 5.74) is -0.818. The molecule has 1 aromatic carbocycles. The maximum absolute atomic E-state index is 12.8. The van der Waals surface area contributed by atoms with Gasteiger partial charge in [-0.15, -0.1) is 10.2 Å². The molecule has 0 atom stereocenters. The fourth-order valence-corrected chi connectivity index (χ4v) is 3.29. The fraction of sp³-hybridized carbons (Fsp3) is 0.333. The van der Waals surface area contributed by atoms with Crippen molar-refractivity contribution in [3.05, 3.63) is 60.4 Å². The number of hydrogen-bond acceptors (Lipinski definition) is 6. The van der Waals surface area contributed by atoms with Crippen LogP contribution in [0.2, 0.25) is 0 Å². The maximum atomic E-state index is 12.8. The average Bonchev–Trinajstić information content (AvgIpc) is 3.33. The van der Waals surface area contributed by atoms with Gasteiger partial charge in [0.2, 0.25) is 5.88 Å². The lowest BCUT2D eigenvalue weighted by Crippen LogP contribution is -2.43. The van der Waals surface area contributed by atoms with Gasteiger partial charge in [-0.1, -0.05) is 6.07 Å². The summed E-state index contributed by atoms with van der Waals surface area (Å²) >= 11 is 0. The standard InChI is InChI=1S/C21H20F3N5O3/c22-21(23,24)15-3-1-4-17(13-15)31-14-20(30)28-11-7-16(8-12-28)32-19-6-5-18(26-27-19)29-10-2-9-25-29/h1-6,9-10,13,16H,7-8,11-12,14H2. The van der Waals surface area contributed by atoms with Gasteiger partial charge in [0.05, 0.1) is 5.56 Å². The summed E-state index contributed by atoms with van der Waals surface area (Å²) in [6.45, 7) is 0.579. The van der Waals surface area contributed by atoms with Gasteiger partial charge in [-0.05, 0) is 30.3 Å². The first-order valence-electron chi connectivity index (χ1n) is 9.97. The van der Waals surface area contributed by atoms with Crippen molar-refractivity contribution in [1.29, 1.82) is 0 Å². The molecule has 2 aromatic heterocycles. The molecule has 0 saturated carbocycles. The van der Waals surface area contributed by atoms with Crippen molar-refractivity contribution in [2.45, 2.75) is 25.1 Å². The van der Waals surface area contributed by atoms with Crippen molar-refractivity contribution in [1.82, 2.24) is 24.9 Å². The Kier molecular flexibility index (Phi) is 6.24. The van der Waals surface area contributed by atoms with Gasteiger partial charge in [0.25, 0.3) is 5.91 Å². The Labute approximate surface area is 181 Å². The molecule has 3 aromatic rings. The Hall–Kier alpha value is -3.63. The van der Waals surface area contributed by atoms with E-state index in [0.717, 1.165) is 12.1 Å². The number of likely N-dealkylation sites (tertiary alicyclic amines) is 1. The van der Waals surface area contributed by atoms with Gasteiger partial charge in [-0.2, -0.15) is 18.3 Å². The molecule has 4 rings (SSSR count). The smallest absolute Gasteiger partial charge is 0.416 e. The second kappa shape index (κ2) is 9.25. The molecule has 1 amide bonds. The summed E-state index contributed by atoms with van der Waals surface area (Å²) in [4.78, 5) is 14.0. The van der Waals surface area contributed by atoms with E-state index in [0.29, 0.717) is 37.6 Å². The minimum Gasteiger partial charge on any atom is -0.484 e. The van der Waals surface area contributed by atoms with Crippen molar-refractivity contribution in [3.63, 3.8) is 0 Å². The lowest BCUT2D eigenvalue weighted by Gasteiger charge is -2.31. The van der Waals surface area contributed by atoms with Gasteiger partial charge < -0.3 is 14.4 Å². The molecule has 0 radical (unpaired) electrons. The molecule has 0 N–H and O–H groups in total. The number of hydrogen-bond donors (Lipinski definition) is 0. The summed E-state index contributed by atoms with van der Waals surface area (Å²) in [6, 6.07) is 9.72. The third-order valence-corrected chi connectivity index (χ3v) is 4.97. The Morgan fingerprint density at radius 3 is 2.56 bits per heavy atom. The van der Waals surface area contributed by atoms with Crippen LogP contribution in [0.5, 0.6) is 11.6 Å². The first-order valence-corrected chi connectivity index (χ1v) is 9.97. The third-order valence-electron chi connectivity index (χ3n) is 4.97. The van der Waals surface area contributed by atoms with Crippen LogP contribution in [0.25, 0.3) is 5.82 Å². The van der Waals surface area contributed by atoms with Crippen LogP contribution in [0.3, 0.4) is 0 Å². The van der Waals surface area contributed by atoms with Crippen molar-refractivity contribution >= 4 is 5.91 Å². The highest BCUT2D eigenvalue weighted by molar-refractivity contribution is 5.77. The molecule has 1 saturated heterocycles. The molecule has 0 spiro atoms. The first kappa shape index (κ1) is 21.6. The SMILES string of the molecule is O=C(COc1cccc(C(F)(F)F)c1)N1CCC(Oc2ccc(-n3cccn3)nn2)CC1. The third kappa shape index (κ3) is 5.34. The molecule has 1 fully saturated rings. The predicted molar refractivity (Wildman–Crippen MR) is 106 cm³/mol. The summed E-state index contributed by atoms with van der Waals surface area (Å²) in [6.07, 6.45) is 0.0124. The van der Waals surface area contributed by atoms with Crippen LogP contribution in [0.1, 0.15) is 18.4 Å². The molecule has 32 heavy (non-hydrogen) atoms. The number of nitrogens with zero attached hydrogens (tertiary/aromatic N) is 5. The molecule has 11 heteroatoms. The first-order chi connectivity index (χ1) is 15.4. The second-order valence-electron chi connectivity index (χ2n) is 7.19. The van der Waals surface area contributed by atoms with Crippen LogP contribution in [0.4, 0.5) is 13.2 Å². The topological polar surface area (TPSA) is 82.4 Å². The van der Waals surface area contributed by atoms with Crippen LogP contribution < -0.4 is 9.47 Å². The molecule has 3 heterocycles. The number of piperidine rings is 1. The summed E-state index contributed by atoms with van der Waals surface area (Å²) < 4.78 is 51.0. The molecule has 0 unspecified atom stereocenters. The van der Waals surface area contributed by atoms with E-state index in [1.54, 1.807) is 40.2 Å². The number of ether oxygens (including phenoxy) is 2.